The molecule has 0 saturated heterocycles. The number of carbonyl (C=O) groups is 2. The smallest absolute Gasteiger partial charge is 0.309 e. The molecule has 0 unspecified atom stereocenters. The maximum absolute atomic E-state index is 14.3. The largest absolute Gasteiger partial charge is 0.481 e. The lowest BCUT2D eigenvalue weighted by molar-refractivity contribution is -0.254. The average Bonchev–Trinajstić information content (AvgIpc) is 2.77. The van der Waals surface area contributed by atoms with E-state index < -0.39 is 57.3 Å². The summed E-state index contributed by atoms with van der Waals surface area (Å²) in [5, 5.41) is 44.8. The maximum Gasteiger partial charge on any atom is 0.309 e. The third kappa shape index (κ3) is 2.90. The topological polar surface area (TPSA) is 115 Å². The molecule has 5 aliphatic rings. The van der Waals surface area contributed by atoms with Crippen LogP contribution in [0.4, 0.5) is 0 Å². The summed E-state index contributed by atoms with van der Waals surface area (Å²) in [6.07, 6.45) is 3.74. The van der Waals surface area contributed by atoms with Crippen molar-refractivity contribution in [3.05, 3.63) is 11.6 Å². The number of ketones is 1. The molecule has 0 heterocycles. The second kappa shape index (κ2) is 7.45. The van der Waals surface area contributed by atoms with Crippen LogP contribution in [0.25, 0.3) is 0 Å². The van der Waals surface area contributed by atoms with Crippen LogP contribution in [-0.2, 0) is 9.59 Å². The van der Waals surface area contributed by atoms with E-state index in [0.717, 1.165) is 5.57 Å². The third-order valence-electron chi connectivity index (χ3n) is 13.2. The Bertz CT molecular complexity index is 1030. The Balaban J connectivity index is 1.69. The van der Waals surface area contributed by atoms with Crippen LogP contribution in [0.3, 0.4) is 0 Å². The van der Waals surface area contributed by atoms with Gasteiger partial charge in [-0.05, 0) is 86.0 Å². The predicted molar refractivity (Wildman–Crippen MR) is 136 cm³/mol. The zero-order chi connectivity index (χ0) is 26.9. The van der Waals surface area contributed by atoms with Crippen molar-refractivity contribution in [3.63, 3.8) is 0 Å². The van der Waals surface area contributed by atoms with Gasteiger partial charge in [-0.3, -0.25) is 9.59 Å². The number of carboxylic acid groups (broad SMARTS) is 1. The van der Waals surface area contributed by atoms with Gasteiger partial charge in [0.25, 0.3) is 0 Å². The molecule has 0 aromatic carbocycles. The van der Waals surface area contributed by atoms with Gasteiger partial charge in [0.1, 0.15) is 0 Å². The zero-order valence-electron chi connectivity index (χ0n) is 23.1. The molecule has 0 aromatic rings. The molecule has 4 N–H and O–H groups in total. The molecule has 0 aromatic heterocycles. The second-order valence-electron chi connectivity index (χ2n) is 15.1. The molecule has 202 valence electrons. The lowest BCUT2D eigenvalue weighted by Gasteiger charge is -2.72. The van der Waals surface area contributed by atoms with E-state index in [2.05, 4.69) is 27.7 Å². The summed E-state index contributed by atoms with van der Waals surface area (Å²) in [7, 11) is 0. The van der Waals surface area contributed by atoms with Crippen LogP contribution in [0.2, 0.25) is 0 Å². The average molecular weight is 503 g/mol. The molecule has 0 spiro atoms. The van der Waals surface area contributed by atoms with E-state index in [-0.39, 0.29) is 23.0 Å². The minimum atomic E-state index is -0.893. The lowest BCUT2D eigenvalue weighted by atomic mass is 9.32. The Labute approximate surface area is 215 Å². The van der Waals surface area contributed by atoms with Crippen molar-refractivity contribution < 1.29 is 30.0 Å². The Morgan fingerprint density at radius 1 is 0.889 bits per heavy atom. The Morgan fingerprint density at radius 3 is 2.14 bits per heavy atom. The van der Waals surface area contributed by atoms with E-state index in [1.165, 1.54) is 0 Å². The Hall–Kier alpha value is -1.24. The summed E-state index contributed by atoms with van der Waals surface area (Å²) >= 11 is 0. The highest BCUT2D eigenvalue weighted by atomic mass is 16.4. The highest BCUT2D eigenvalue weighted by Gasteiger charge is 2.74. The van der Waals surface area contributed by atoms with Crippen LogP contribution in [0.15, 0.2) is 11.6 Å². The minimum Gasteiger partial charge on any atom is -0.481 e. The van der Waals surface area contributed by atoms with Gasteiger partial charge >= 0.3 is 5.97 Å². The van der Waals surface area contributed by atoms with Gasteiger partial charge in [0.15, 0.2) is 5.78 Å². The number of carboxylic acids is 1. The van der Waals surface area contributed by atoms with Gasteiger partial charge in [0.05, 0.1) is 23.7 Å². The number of hydrogen-bond acceptors (Lipinski definition) is 5. The summed E-state index contributed by atoms with van der Waals surface area (Å²) in [5.74, 6) is -1.44. The molecule has 36 heavy (non-hydrogen) atoms. The van der Waals surface area contributed by atoms with Crippen LogP contribution in [0.1, 0.15) is 93.4 Å². The fourth-order valence-corrected chi connectivity index (χ4v) is 10.4. The molecule has 11 atom stereocenters. The van der Waals surface area contributed by atoms with Gasteiger partial charge in [-0.2, -0.15) is 0 Å². The minimum absolute atomic E-state index is 0.00228. The normalized spacial score (nSPS) is 55.9. The van der Waals surface area contributed by atoms with Crippen molar-refractivity contribution >= 4 is 11.8 Å². The molecular formula is C30H46O6. The molecule has 6 heteroatoms. The standard InChI is InChI=1S/C30H46O6/c1-25(2)19-13-21(33)30(7)23(28(19,5)9-8-20(25)32)18(31)12-16-17-14-27(4,24(35)36)11-10-26(17,3)15-22(34)29(16,30)6/h12,17,19-23,32-34H,8-11,13-15H2,1-7H3,(H,35,36)/t17-,19-,20-,21-,22-,23+,26+,27-,28-,29-,30+/m0/s1. The van der Waals surface area contributed by atoms with Crippen molar-refractivity contribution in [2.75, 3.05) is 0 Å². The molecule has 5 aliphatic carbocycles. The number of rotatable bonds is 1. The monoisotopic (exact) mass is 502 g/mol. The predicted octanol–water partition coefficient (Wildman–Crippen LogP) is 4.35. The highest BCUT2D eigenvalue weighted by Crippen LogP contribution is 2.75. The SMILES string of the molecule is CC1(C)[C@@H](O)CC[C@]2(C)[C@H]3C(=O)C=C4[C@@H]5C[C@@](C)(C(=O)O)CC[C@]5(C)C[C@H](O)[C@@]4(C)[C@]3(C)[C@@H](O)C[C@@H]12. The quantitative estimate of drug-likeness (QED) is 0.424. The molecular weight excluding hydrogens is 456 g/mol. The van der Waals surface area contributed by atoms with Crippen LogP contribution >= 0.6 is 0 Å². The Kier molecular flexibility index (Phi) is 5.45. The van der Waals surface area contributed by atoms with Gasteiger partial charge in [-0.25, -0.2) is 0 Å². The summed E-state index contributed by atoms with van der Waals surface area (Å²) in [4.78, 5) is 26.5. The molecule has 5 rings (SSSR count). The number of aliphatic hydroxyl groups excluding tert-OH is 3. The molecule has 4 fully saturated rings. The third-order valence-corrected chi connectivity index (χ3v) is 13.2. The first-order valence-corrected chi connectivity index (χ1v) is 13.9. The fourth-order valence-electron chi connectivity index (χ4n) is 10.4. The number of fused-ring (bicyclic) bond motifs is 7. The summed E-state index contributed by atoms with van der Waals surface area (Å²) in [6.45, 7) is 14.3. The molecule has 0 bridgehead atoms. The fraction of sp³-hybridized carbons (Fsp3) is 0.867. The first-order valence-electron chi connectivity index (χ1n) is 13.9. The number of allylic oxidation sites excluding steroid dienone is 1. The first-order chi connectivity index (χ1) is 16.4. The van der Waals surface area contributed by atoms with Gasteiger partial charge in [0, 0.05) is 16.7 Å². The highest BCUT2D eigenvalue weighted by molar-refractivity contribution is 5.96. The van der Waals surface area contributed by atoms with Gasteiger partial charge < -0.3 is 20.4 Å². The van der Waals surface area contributed by atoms with Crippen LogP contribution in [0, 0.1) is 50.2 Å². The van der Waals surface area contributed by atoms with Crippen molar-refractivity contribution in [1.29, 1.82) is 0 Å². The van der Waals surface area contributed by atoms with E-state index in [1.54, 1.807) is 6.08 Å². The molecule has 0 amide bonds. The second-order valence-corrected chi connectivity index (χ2v) is 15.1. The van der Waals surface area contributed by atoms with E-state index in [1.807, 2.05) is 20.8 Å². The van der Waals surface area contributed by atoms with E-state index in [0.29, 0.717) is 44.9 Å². The van der Waals surface area contributed by atoms with E-state index in [4.69, 9.17) is 0 Å². The van der Waals surface area contributed by atoms with Crippen molar-refractivity contribution in [2.24, 2.45) is 50.2 Å². The van der Waals surface area contributed by atoms with Crippen molar-refractivity contribution in [1.82, 2.24) is 0 Å². The summed E-state index contributed by atoms with van der Waals surface area (Å²) in [6, 6.07) is 0. The van der Waals surface area contributed by atoms with Gasteiger partial charge in [-0.15, -0.1) is 0 Å². The molecule has 0 radical (unpaired) electrons. The van der Waals surface area contributed by atoms with Gasteiger partial charge in [0.2, 0.25) is 0 Å². The van der Waals surface area contributed by atoms with Crippen molar-refractivity contribution in [3.8, 4) is 0 Å². The number of hydrogen-bond donors (Lipinski definition) is 4. The first kappa shape index (κ1) is 26.4. The van der Waals surface area contributed by atoms with Gasteiger partial charge in [-0.1, -0.05) is 47.1 Å². The molecule has 6 nitrogen and oxygen atoms in total. The van der Waals surface area contributed by atoms with Crippen LogP contribution in [-0.4, -0.2) is 50.5 Å². The maximum atomic E-state index is 14.3. The van der Waals surface area contributed by atoms with E-state index in [9.17, 15) is 30.0 Å². The Morgan fingerprint density at radius 2 is 1.53 bits per heavy atom. The number of aliphatic carboxylic acids is 1. The van der Waals surface area contributed by atoms with Crippen LogP contribution < -0.4 is 0 Å². The number of carbonyl (C=O) groups excluding carboxylic acids is 1. The number of aliphatic hydroxyl groups is 3. The molecule has 0 aliphatic heterocycles. The summed E-state index contributed by atoms with van der Waals surface area (Å²) in [5.41, 5.74) is -2.89. The van der Waals surface area contributed by atoms with Crippen molar-refractivity contribution in [2.45, 2.75) is 112 Å². The summed E-state index contributed by atoms with van der Waals surface area (Å²) < 4.78 is 0. The van der Waals surface area contributed by atoms with E-state index >= 15 is 0 Å². The molecule has 4 saturated carbocycles. The lowest BCUT2D eigenvalue weighted by Crippen LogP contribution is -2.73. The van der Waals surface area contributed by atoms with Crippen LogP contribution in [0.5, 0.6) is 0 Å². The zero-order valence-corrected chi connectivity index (χ0v) is 23.1.